The van der Waals surface area contributed by atoms with Gasteiger partial charge >= 0.3 is 6.03 Å². The van der Waals surface area contributed by atoms with Gasteiger partial charge in [0.2, 0.25) is 0 Å². The summed E-state index contributed by atoms with van der Waals surface area (Å²) in [7, 11) is 0. The molecule has 1 aromatic heterocycles. The second-order valence-electron chi connectivity index (χ2n) is 5.03. The Morgan fingerprint density at radius 1 is 1.29 bits per heavy atom. The quantitative estimate of drug-likeness (QED) is 0.859. The van der Waals surface area contributed by atoms with E-state index in [4.69, 9.17) is 0 Å². The molecule has 1 aliphatic rings. The predicted molar refractivity (Wildman–Crippen MR) is 78.1 cm³/mol. The molecule has 0 saturated carbocycles. The molecule has 0 bridgehead atoms. The number of benzene rings is 1. The van der Waals surface area contributed by atoms with Gasteiger partial charge in [0, 0.05) is 36.7 Å². The number of aromatic nitrogens is 2. The molecule has 0 atom stereocenters. The van der Waals surface area contributed by atoms with Crippen molar-refractivity contribution in [3.05, 3.63) is 48.0 Å². The number of hydrogen-bond donors (Lipinski definition) is 1. The lowest BCUT2D eigenvalue weighted by Gasteiger charge is -2.27. The smallest absolute Gasteiger partial charge is 0.322 e. The van der Waals surface area contributed by atoms with E-state index in [-0.39, 0.29) is 11.8 Å². The van der Waals surface area contributed by atoms with Gasteiger partial charge in [-0.2, -0.15) is 0 Å². The number of imidazole rings is 1. The van der Waals surface area contributed by atoms with Crippen LogP contribution in [0.25, 0.3) is 0 Å². The Balaban J connectivity index is 1.70. The fourth-order valence-electron chi connectivity index (χ4n) is 2.37. The standard InChI is InChI=1S/C15H16N4O2/c1-11(20)12-3-2-4-13(9-12)17-15(21)19-8-7-18-6-5-16-14(18)10-19/h2-6,9H,7-8,10H2,1H3,(H,17,21). The topological polar surface area (TPSA) is 67.2 Å². The molecule has 6 nitrogen and oxygen atoms in total. The van der Waals surface area contributed by atoms with Crippen molar-refractivity contribution in [1.29, 1.82) is 0 Å². The van der Waals surface area contributed by atoms with Crippen LogP contribution in [-0.4, -0.2) is 32.8 Å². The molecule has 0 radical (unpaired) electrons. The van der Waals surface area contributed by atoms with Crippen LogP contribution < -0.4 is 5.32 Å². The monoisotopic (exact) mass is 284 g/mol. The molecule has 2 heterocycles. The molecule has 0 aliphatic carbocycles. The number of nitrogens with zero attached hydrogens (tertiary/aromatic N) is 3. The molecule has 0 fully saturated rings. The third kappa shape index (κ3) is 2.79. The van der Waals surface area contributed by atoms with Gasteiger partial charge in [0.15, 0.2) is 5.78 Å². The fraction of sp³-hybridized carbons (Fsp3) is 0.267. The van der Waals surface area contributed by atoms with E-state index in [1.54, 1.807) is 35.4 Å². The average Bonchev–Trinajstić information content (AvgIpc) is 2.94. The van der Waals surface area contributed by atoms with Crippen LogP contribution in [0.4, 0.5) is 10.5 Å². The Labute approximate surface area is 122 Å². The maximum absolute atomic E-state index is 12.3. The van der Waals surface area contributed by atoms with E-state index in [2.05, 4.69) is 10.3 Å². The van der Waals surface area contributed by atoms with Crippen LogP contribution in [0.5, 0.6) is 0 Å². The highest BCUT2D eigenvalue weighted by atomic mass is 16.2. The van der Waals surface area contributed by atoms with E-state index < -0.39 is 0 Å². The molecule has 1 aromatic carbocycles. The molecule has 1 N–H and O–H groups in total. The minimum atomic E-state index is -0.176. The zero-order valence-electron chi connectivity index (χ0n) is 11.7. The first kappa shape index (κ1) is 13.4. The summed E-state index contributed by atoms with van der Waals surface area (Å²) in [6, 6.07) is 6.77. The Hall–Kier alpha value is -2.63. The van der Waals surface area contributed by atoms with Crippen molar-refractivity contribution in [2.75, 3.05) is 11.9 Å². The molecule has 0 unspecified atom stereocenters. The number of ketones is 1. The van der Waals surface area contributed by atoms with Crippen LogP contribution in [0.1, 0.15) is 23.1 Å². The summed E-state index contributed by atoms with van der Waals surface area (Å²) in [5.41, 5.74) is 1.21. The minimum Gasteiger partial charge on any atom is -0.332 e. The van der Waals surface area contributed by atoms with E-state index in [0.29, 0.717) is 24.3 Å². The summed E-state index contributed by atoms with van der Waals surface area (Å²) in [6.45, 7) is 3.38. The zero-order valence-corrected chi connectivity index (χ0v) is 11.7. The van der Waals surface area contributed by atoms with E-state index in [1.165, 1.54) is 6.92 Å². The summed E-state index contributed by atoms with van der Waals surface area (Å²) in [6.07, 6.45) is 3.66. The lowest BCUT2D eigenvalue weighted by atomic mass is 10.1. The number of amides is 2. The minimum absolute atomic E-state index is 0.0221. The highest BCUT2D eigenvalue weighted by molar-refractivity contribution is 5.96. The van der Waals surface area contributed by atoms with Crippen molar-refractivity contribution < 1.29 is 9.59 Å². The van der Waals surface area contributed by atoms with Crippen molar-refractivity contribution in [2.45, 2.75) is 20.0 Å². The predicted octanol–water partition coefficient (Wildman–Crippen LogP) is 2.13. The number of hydrogen-bond acceptors (Lipinski definition) is 3. The number of urea groups is 1. The van der Waals surface area contributed by atoms with Crippen molar-refractivity contribution >= 4 is 17.5 Å². The summed E-state index contributed by atoms with van der Waals surface area (Å²) in [5.74, 6) is 0.861. The number of nitrogens with one attached hydrogen (secondary N) is 1. The highest BCUT2D eigenvalue weighted by Crippen LogP contribution is 2.15. The first-order chi connectivity index (χ1) is 10.1. The Bertz CT molecular complexity index is 692. The second-order valence-corrected chi connectivity index (χ2v) is 5.03. The third-order valence-electron chi connectivity index (χ3n) is 3.55. The van der Waals surface area contributed by atoms with Crippen molar-refractivity contribution in [1.82, 2.24) is 14.5 Å². The van der Waals surface area contributed by atoms with Gasteiger partial charge in [-0.05, 0) is 19.1 Å². The summed E-state index contributed by atoms with van der Waals surface area (Å²) >= 11 is 0. The van der Waals surface area contributed by atoms with Gasteiger partial charge in [0.05, 0.1) is 6.54 Å². The third-order valence-corrected chi connectivity index (χ3v) is 3.55. The maximum Gasteiger partial charge on any atom is 0.322 e. The Morgan fingerprint density at radius 3 is 2.95 bits per heavy atom. The zero-order chi connectivity index (χ0) is 14.8. The van der Waals surface area contributed by atoms with Crippen LogP contribution in [-0.2, 0) is 13.1 Å². The van der Waals surface area contributed by atoms with Crippen LogP contribution >= 0.6 is 0 Å². The molecule has 1 aliphatic heterocycles. The van der Waals surface area contributed by atoms with Gasteiger partial charge in [-0.1, -0.05) is 12.1 Å². The maximum atomic E-state index is 12.3. The first-order valence-electron chi connectivity index (χ1n) is 6.80. The van der Waals surface area contributed by atoms with Gasteiger partial charge in [0.25, 0.3) is 0 Å². The molecule has 0 spiro atoms. The number of Topliss-reactive ketones (excluding diaryl/α,β-unsaturated/α-hetero) is 1. The molecule has 2 amide bonds. The number of carbonyl (C=O) groups excluding carboxylic acids is 2. The van der Waals surface area contributed by atoms with Crippen LogP contribution in [0, 0.1) is 0 Å². The first-order valence-corrected chi connectivity index (χ1v) is 6.80. The number of fused-ring (bicyclic) bond motifs is 1. The SMILES string of the molecule is CC(=O)c1cccc(NC(=O)N2CCn3ccnc3C2)c1. The summed E-state index contributed by atoms with van der Waals surface area (Å²) < 4.78 is 2.04. The number of rotatable bonds is 2. The van der Waals surface area contributed by atoms with E-state index in [1.807, 2.05) is 10.8 Å². The van der Waals surface area contributed by atoms with Crippen molar-refractivity contribution in [3.8, 4) is 0 Å². The van der Waals surface area contributed by atoms with Gasteiger partial charge in [-0.15, -0.1) is 0 Å². The number of carbonyl (C=O) groups is 2. The van der Waals surface area contributed by atoms with E-state index in [0.717, 1.165) is 12.4 Å². The lowest BCUT2D eigenvalue weighted by Crippen LogP contribution is -2.40. The Morgan fingerprint density at radius 2 is 2.14 bits per heavy atom. The molecule has 2 aromatic rings. The largest absolute Gasteiger partial charge is 0.332 e. The number of anilines is 1. The molecule has 6 heteroatoms. The highest BCUT2D eigenvalue weighted by Gasteiger charge is 2.21. The van der Waals surface area contributed by atoms with Crippen molar-refractivity contribution in [2.24, 2.45) is 0 Å². The molecule has 21 heavy (non-hydrogen) atoms. The molecular weight excluding hydrogens is 268 g/mol. The molecule has 108 valence electrons. The van der Waals surface area contributed by atoms with Crippen LogP contribution in [0.3, 0.4) is 0 Å². The molecular formula is C15H16N4O2. The second kappa shape index (κ2) is 5.40. The molecule has 0 saturated heterocycles. The van der Waals surface area contributed by atoms with Gasteiger partial charge in [-0.25, -0.2) is 9.78 Å². The van der Waals surface area contributed by atoms with Gasteiger partial charge in [-0.3, -0.25) is 4.79 Å². The summed E-state index contributed by atoms with van der Waals surface area (Å²) in [5, 5.41) is 2.83. The van der Waals surface area contributed by atoms with Gasteiger partial charge in [0.1, 0.15) is 5.82 Å². The normalized spacial score (nSPS) is 13.7. The average molecular weight is 284 g/mol. The van der Waals surface area contributed by atoms with E-state index in [9.17, 15) is 9.59 Å². The van der Waals surface area contributed by atoms with Crippen LogP contribution in [0.15, 0.2) is 36.7 Å². The molecule has 3 rings (SSSR count). The fourth-order valence-corrected chi connectivity index (χ4v) is 2.37. The van der Waals surface area contributed by atoms with E-state index >= 15 is 0 Å². The van der Waals surface area contributed by atoms with Crippen LogP contribution in [0.2, 0.25) is 0 Å². The summed E-state index contributed by atoms with van der Waals surface area (Å²) in [4.78, 5) is 29.6. The Kier molecular flexibility index (Phi) is 3.43. The van der Waals surface area contributed by atoms with Gasteiger partial charge < -0.3 is 14.8 Å². The van der Waals surface area contributed by atoms with Crippen molar-refractivity contribution in [3.63, 3.8) is 0 Å². The lowest BCUT2D eigenvalue weighted by molar-refractivity contribution is 0.101.